The number of amides is 1. The molecule has 0 spiro atoms. The Morgan fingerprint density at radius 3 is 2.79 bits per heavy atom. The molecule has 2 aromatic rings. The lowest BCUT2D eigenvalue weighted by atomic mass is 9.89. The highest BCUT2D eigenvalue weighted by Crippen LogP contribution is 2.42. The third-order valence-corrected chi connectivity index (χ3v) is 4.95. The number of nitrogens with one attached hydrogen (secondary N) is 1. The topological polar surface area (TPSA) is 94.0 Å². The van der Waals surface area contributed by atoms with Crippen molar-refractivity contribution >= 4 is 5.91 Å². The van der Waals surface area contributed by atoms with E-state index in [0.29, 0.717) is 24.1 Å². The predicted octanol–water partition coefficient (Wildman–Crippen LogP) is 1.43. The van der Waals surface area contributed by atoms with Gasteiger partial charge in [-0.2, -0.15) is 4.98 Å². The van der Waals surface area contributed by atoms with Gasteiger partial charge in [-0.3, -0.25) is 4.79 Å². The molecule has 4 rings (SSSR count). The van der Waals surface area contributed by atoms with Gasteiger partial charge < -0.3 is 15.6 Å². The first-order chi connectivity index (χ1) is 11.7. The van der Waals surface area contributed by atoms with E-state index in [9.17, 15) is 4.79 Å². The molecule has 2 aliphatic carbocycles. The molecule has 1 aromatic heterocycles. The van der Waals surface area contributed by atoms with Crippen molar-refractivity contribution in [2.75, 3.05) is 0 Å². The maximum Gasteiger partial charge on any atom is 0.246 e. The molecule has 24 heavy (non-hydrogen) atoms. The van der Waals surface area contributed by atoms with Crippen LogP contribution in [0.15, 0.2) is 47.0 Å². The fraction of sp³-hybridized carbons (Fsp3) is 0.389. The normalized spacial score (nSPS) is 27.5. The zero-order valence-electron chi connectivity index (χ0n) is 13.3. The van der Waals surface area contributed by atoms with Gasteiger partial charge >= 0.3 is 0 Å². The van der Waals surface area contributed by atoms with Gasteiger partial charge in [-0.15, -0.1) is 0 Å². The number of allylic oxidation sites excluding steroid dienone is 1. The minimum absolute atomic E-state index is 0.0258. The Labute approximate surface area is 140 Å². The molecule has 6 heteroatoms. The second kappa shape index (κ2) is 6.20. The summed E-state index contributed by atoms with van der Waals surface area (Å²) in [7, 11) is 0. The summed E-state index contributed by atoms with van der Waals surface area (Å²) < 4.78 is 5.22. The number of aromatic nitrogens is 2. The monoisotopic (exact) mass is 324 g/mol. The Hall–Kier alpha value is -2.47. The van der Waals surface area contributed by atoms with Gasteiger partial charge in [0, 0.05) is 12.5 Å². The zero-order chi connectivity index (χ0) is 16.5. The summed E-state index contributed by atoms with van der Waals surface area (Å²) in [6.07, 6.45) is 5.84. The molecular formula is C18H20N4O2. The van der Waals surface area contributed by atoms with Gasteiger partial charge in [0.05, 0.1) is 12.5 Å². The average molecular weight is 324 g/mol. The van der Waals surface area contributed by atoms with Gasteiger partial charge in [0.25, 0.3) is 0 Å². The highest BCUT2D eigenvalue weighted by molar-refractivity contribution is 5.80. The molecule has 4 unspecified atom stereocenters. The first kappa shape index (κ1) is 15.1. The van der Waals surface area contributed by atoms with Crippen molar-refractivity contribution in [3.8, 4) is 0 Å². The van der Waals surface area contributed by atoms with E-state index in [1.807, 2.05) is 30.3 Å². The lowest BCUT2D eigenvalue weighted by molar-refractivity contribution is -0.126. The smallest absolute Gasteiger partial charge is 0.246 e. The number of carbonyl (C=O) groups is 1. The Morgan fingerprint density at radius 2 is 2.04 bits per heavy atom. The van der Waals surface area contributed by atoms with Crippen LogP contribution in [0.2, 0.25) is 0 Å². The first-order valence-corrected chi connectivity index (χ1v) is 8.28. The van der Waals surface area contributed by atoms with Crippen molar-refractivity contribution in [1.82, 2.24) is 15.5 Å². The Kier molecular flexibility index (Phi) is 3.90. The van der Waals surface area contributed by atoms with E-state index in [2.05, 4.69) is 27.6 Å². The summed E-state index contributed by atoms with van der Waals surface area (Å²) in [4.78, 5) is 16.7. The van der Waals surface area contributed by atoms with E-state index in [1.54, 1.807) is 0 Å². The fourth-order valence-electron chi connectivity index (χ4n) is 3.72. The molecule has 0 saturated heterocycles. The summed E-state index contributed by atoms with van der Waals surface area (Å²) in [6, 6.07) is 9.86. The minimum Gasteiger partial charge on any atom is -0.347 e. The summed E-state index contributed by atoms with van der Waals surface area (Å²) >= 11 is 0. The maximum absolute atomic E-state index is 12.4. The summed E-state index contributed by atoms with van der Waals surface area (Å²) in [6.45, 7) is 0.241. The molecule has 6 nitrogen and oxygen atoms in total. The predicted molar refractivity (Wildman–Crippen MR) is 87.6 cm³/mol. The molecule has 1 amide bonds. The third kappa shape index (κ3) is 2.85. The van der Waals surface area contributed by atoms with Gasteiger partial charge in [-0.05, 0) is 23.8 Å². The van der Waals surface area contributed by atoms with Gasteiger partial charge in [-0.25, -0.2) is 0 Å². The molecule has 1 heterocycles. The number of nitrogens with zero attached hydrogens (tertiary/aromatic N) is 2. The quantitative estimate of drug-likeness (QED) is 0.811. The van der Waals surface area contributed by atoms with Crippen LogP contribution < -0.4 is 11.1 Å². The van der Waals surface area contributed by atoms with Crippen molar-refractivity contribution in [3.63, 3.8) is 0 Å². The summed E-state index contributed by atoms with van der Waals surface area (Å²) in [5.41, 5.74) is 7.28. The van der Waals surface area contributed by atoms with E-state index >= 15 is 0 Å². The average Bonchev–Trinajstić information content (AvgIpc) is 3.30. The van der Waals surface area contributed by atoms with Gasteiger partial charge in [0.1, 0.15) is 0 Å². The minimum atomic E-state index is -0.147. The van der Waals surface area contributed by atoms with Crippen LogP contribution in [0, 0.1) is 17.8 Å². The number of carbonyl (C=O) groups excluding carboxylic acids is 1. The van der Waals surface area contributed by atoms with Gasteiger partial charge in [0.2, 0.25) is 11.8 Å². The molecule has 124 valence electrons. The summed E-state index contributed by atoms with van der Waals surface area (Å²) in [5.74, 6) is 1.47. The Morgan fingerprint density at radius 1 is 1.25 bits per heavy atom. The van der Waals surface area contributed by atoms with E-state index in [4.69, 9.17) is 10.3 Å². The van der Waals surface area contributed by atoms with Crippen LogP contribution in [-0.2, 0) is 17.8 Å². The molecule has 0 radical (unpaired) electrons. The molecular weight excluding hydrogens is 304 g/mol. The highest BCUT2D eigenvalue weighted by Gasteiger charge is 2.46. The van der Waals surface area contributed by atoms with Gasteiger partial charge in [0.15, 0.2) is 5.82 Å². The second-order valence-electron chi connectivity index (χ2n) is 6.54. The molecule has 2 aliphatic rings. The van der Waals surface area contributed by atoms with Crippen molar-refractivity contribution in [2.45, 2.75) is 25.4 Å². The van der Waals surface area contributed by atoms with Crippen molar-refractivity contribution in [2.24, 2.45) is 23.5 Å². The van der Waals surface area contributed by atoms with Crippen molar-refractivity contribution in [1.29, 1.82) is 0 Å². The molecule has 0 aliphatic heterocycles. The molecule has 1 aromatic carbocycles. The highest BCUT2D eigenvalue weighted by atomic mass is 16.5. The van der Waals surface area contributed by atoms with E-state index < -0.39 is 0 Å². The number of hydrogen-bond acceptors (Lipinski definition) is 5. The maximum atomic E-state index is 12.4. The van der Waals surface area contributed by atoms with E-state index in [1.165, 1.54) is 0 Å². The SMILES string of the molecule is NC1C2C=CC(C2)C1C(=O)NCc1nc(Cc2ccccc2)no1. The molecule has 1 fully saturated rings. The van der Waals surface area contributed by atoms with E-state index in [-0.39, 0.29) is 30.3 Å². The van der Waals surface area contributed by atoms with Crippen LogP contribution in [0.5, 0.6) is 0 Å². The lowest BCUT2D eigenvalue weighted by Gasteiger charge is -2.23. The number of fused-ring (bicyclic) bond motifs is 2. The second-order valence-corrected chi connectivity index (χ2v) is 6.54. The molecule has 2 bridgehead atoms. The van der Waals surface area contributed by atoms with Crippen LogP contribution in [0.25, 0.3) is 0 Å². The molecule has 4 atom stereocenters. The standard InChI is InChI=1S/C18H20N4O2/c19-17-13-7-6-12(9-13)16(17)18(23)20-10-15-21-14(22-24-15)8-11-4-2-1-3-5-11/h1-7,12-13,16-17H,8-10,19H2,(H,20,23). The van der Waals surface area contributed by atoms with Crippen LogP contribution in [-0.4, -0.2) is 22.1 Å². The fourth-order valence-corrected chi connectivity index (χ4v) is 3.72. The van der Waals surface area contributed by atoms with E-state index in [0.717, 1.165) is 12.0 Å². The number of rotatable bonds is 5. The Bertz CT molecular complexity index is 755. The van der Waals surface area contributed by atoms with Crippen LogP contribution >= 0.6 is 0 Å². The first-order valence-electron chi connectivity index (χ1n) is 8.28. The number of nitrogens with two attached hydrogens (primary N) is 1. The molecule has 1 saturated carbocycles. The van der Waals surface area contributed by atoms with Gasteiger partial charge in [-0.1, -0.05) is 47.6 Å². The number of benzene rings is 1. The van der Waals surface area contributed by atoms with Crippen molar-refractivity contribution < 1.29 is 9.32 Å². The van der Waals surface area contributed by atoms with Crippen LogP contribution in [0.3, 0.4) is 0 Å². The molecule has 3 N–H and O–H groups in total. The zero-order valence-corrected chi connectivity index (χ0v) is 13.3. The van der Waals surface area contributed by atoms with Crippen LogP contribution in [0.1, 0.15) is 23.7 Å². The van der Waals surface area contributed by atoms with Crippen molar-refractivity contribution in [3.05, 3.63) is 59.8 Å². The Balaban J connectivity index is 1.33. The summed E-state index contributed by atoms with van der Waals surface area (Å²) in [5, 5.41) is 6.85. The lowest BCUT2D eigenvalue weighted by Crippen LogP contribution is -2.43. The third-order valence-electron chi connectivity index (χ3n) is 4.95. The van der Waals surface area contributed by atoms with Crippen LogP contribution in [0.4, 0.5) is 0 Å². The largest absolute Gasteiger partial charge is 0.347 e. The number of hydrogen-bond donors (Lipinski definition) is 2.